The summed E-state index contributed by atoms with van der Waals surface area (Å²) in [6, 6.07) is 10.9. The molecule has 4 rings (SSSR count). The number of halogens is 1. The van der Waals surface area contributed by atoms with Crippen LogP contribution >= 0.6 is 0 Å². The SMILES string of the molecule is OC1(C2CCc3cccnc32)CCN(CCc2ccc(F)cc2)CC1. The zero-order valence-electron chi connectivity index (χ0n) is 14.5. The molecule has 0 amide bonds. The predicted octanol–water partition coefficient (Wildman–Crippen LogP) is 3.32. The highest BCUT2D eigenvalue weighted by Crippen LogP contribution is 2.44. The largest absolute Gasteiger partial charge is 0.389 e. The van der Waals surface area contributed by atoms with E-state index < -0.39 is 5.60 Å². The van der Waals surface area contributed by atoms with Crippen molar-refractivity contribution in [2.24, 2.45) is 0 Å². The van der Waals surface area contributed by atoms with E-state index in [1.165, 1.54) is 17.7 Å². The lowest BCUT2D eigenvalue weighted by molar-refractivity contribution is -0.0432. The Balaban J connectivity index is 1.34. The summed E-state index contributed by atoms with van der Waals surface area (Å²) in [5.74, 6) is 0.000175. The second kappa shape index (κ2) is 6.85. The molecule has 2 aromatic rings. The molecule has 0 bridgehead atoms. The molecule has 1 saturated heterocycles. The zero-order valence-corrected chi connectivity index (χ0v) is 14.5. The maximum absolute atomic E-state index is 13.0. The van der Waals surface area contributed by atoms with Gasteiger partial charge in [0, 0.05) is 37.4 Å². The summed E-state index contributed by atoms with van der Waals surface area (Å²) in [5.41, 5.74) is 2.96. The van der Waals surface area contributed by atoms with Crippen molar-refractivity contribution < 1.29 is 9.50 Å². The Morgan fingerprint density at radius 1 is 1.16 bits per heavy atom. The third kappa shape index (κ3) is 3.46. The Bertz CT molecular complexity index is 723. The summed E-state index contributed by atoms with van der Waals surface area (Å²) in [5, 5.41) is 11.2. The fraction of sp³-hybridized carbons (Fsp3) is 0.476. The fourth-order valence-electron chi connectivity index (χ4n) is 4.39. The first-order chi connectivity index (χ1) is 12.1. The van der Waals surface area contributed by atoms with Gasteiger partial charge in [0.2, 0.25) is 0 Å². The van der Waals surface area contributed by atoms with Gasteiger partial charge in [-0.1, -0.05) is 18.2 Å². The van der Waals surface area contributed by atoms with Crippen molar-refractivity contribution in [1.29, 1.82) is 0 Å². The van der Waals surface area contributed by atoms with Crippen molar-refractivity contribution >= 4 is 0 Å². The van der Waals surface area contributed by atoms with Gasteiger partial charge in [-0.3, -0.25) is 4.98 Å². The fourth-order valence-corrected chi connectivity index (χ4v) is 4.39. The molecule has 0 saturated carbocycles. The van der Waals surface area contributed by atoms with Crippen molar-refractivity contribution in [1.82, 2.24) is 9.88 Å². The number of aliphatic hydroxyl groups is 1. The molecular formula is C21H25FN2O. The van der Waals surface area contributed by atoms with Gasteiger partial charge in [-0.2, -0.15) is 0 Å². The quantitative estimate of drug-likeness (QED) is 0.927. The average molecular weight is 340 g/mol. The molecule has 1 aromatic carbocycles. The van der Waals surface area contributed by atoms with E-state index in [-0.39, 0.29) is 11.7 Å². The van der Waals surface area contributed by atoms with Crippen LogP contribution < -0.4 is 0 Å². The Kier molecular flexibility index (Phi) is 4.57. The van der Waals surface area contributed by atoms with E-state index in [4.69, 9.17) is 0 Å². The number of rotatable bonds is 4. The van der Waals surface area contributed by atoms with Crippen LogP contribution in [-0.4, -0.2) is 40.2 Å². The second-order valence-corrected chi connectivity index (χ2v) is 7.46. The first-order valence-electron chi connectivity index (χ1n) is 9.27. The molecule has 132 valence electrons. The maximum Gasteiger partial charge on any atom is 0.123 e. The molecule has 1 aromatic heterocycles. The highest BCUT2D eigenvalue weighted by atomic mass is 19.1. The van der Waals surface area contributed by atoms with Gasteiger partial charge in [0.15, 0.2) is 0 Å². The summed E-state index contributed by atoms with van der Waals surface area (Å²) < 4.78 is 13.0. The first kappa shape index (κ1) is 16.7. The minimum atomic E-state index is -0.619. The van der Waals surface area contributed by atoms with E-state index in [2.05, 4.69) is 16.0 Å². The Morgan fingerprint density at radius 2 is 1.92 bits per heavy atom. The lowest BCUT2D eigenvalue weighted by atomic mass is 9.78. The van der Waals surface area contributed by atoms with Gasteiger partial charge in [0.25, 0.3) is 0 Å². The molecular weight excluding hydrogens is 315 g/mol. The summed E-state index contributed by atoms with van der Waals surface area (Å²) in [7, 11) is 0. The van der Waals surface area contributed by atoms with Crippen LogP contribution in [0.25, 0.3) is 0 Å². The van der Waals surface area contributed by atoms with E-state index in [1.54, 1.807) is 0 Å². The highest BCUT2D eigenvalue weighted by Gasteiger charge is 2.43. The Hall–Kier alpha value is -1.78. The number of piperidine rings is 1. The van der Waals surface area contributed by atoms with Crippen LogP contribution in [0.15, 0.2) is 42.6 Å². The third-order valence-electron chi connectivity index (χ3n) is 5.96. The molecule has 1 aliphatic carbocycles. The van der Waals surface area contributed by atoms with E-state index >= 15 is 0 Å². The van der Waals surface area contributed by atoms with Gasteiger partial charge in [0.05, 0.1) is 5.60 Å². The van der Waals surface area contributed by atoms with Gasteiger partial charge >= 0.3 is 0 Å². The molecule has 2 aliphatic rings. The van der Waals surface area contributed by atoms with Crippen LogP contribution in [-0.2, 0) is 12.8 Å². The number of hydrogen-bond acceptors (Lipinski definition) is 3. The normalized spacial score (nSPS) is 22.7. The summed E-state index contributed by atoms with van der Waals surface area (Å²) in [6.07, 6.45) is 6.42. The average Bonchev–Trinajstić information content (AvgIpc) is 3.08. The van der Waals surface area contributed by atoms with Crippen LogP contribution in [0.3, 0.4) is 0 Å². The van der Waals surface area contributed by atoms with Crippen LogP contribution in [0.1, 0.15) is 42.0 Å². The number of hydrogen-bond donors (Lipinski definition) is 1. The van der Waals surface area contributed by atoms with E-state index in [9.17, 15) is 9.50 Å². The molecule has 0 radical (unpaired) electrons. The maximum atomic E-state index is 13.0. The summed E-state index contributed by atoms with van der Waals surface area (Å²) in [4.78, 5) is 6.97. The molecule has 3 nitrogen and oxygen atoms in total. The van der Waals surface area contributed by atoms with Crippen molar-refractivity contribution in [3.05, 3.63) is 65.2 Å². The third-order valence-corrected chi connectivity index (χ3v) is 5.96. The number of benzene rings is 1. The second-order valence-electron chi connectivity index (χ2n) is 7.46. The summed E-state index contributed by atoms with van der Waals surface area (Å²) in [6.45, 7) is 2.79. The first-order valence-corrected chi connectivity index (χ1v) is 9.27. The number of nitrogens with zero attached hydrogens (tertiary/aromatic N) is 2. The molecule has 1 unspecified atom stereocenters. The molecule has 2 heterocycles. The standard InChI is InChI=1S/C21H25FN2O/c22-18-6-3-16(4-7-18)9-13-24-14-10-21(25,11-15-24)19-8-5-17-2-1-12-23-20(17)19/h1-4,6-7,12,19,25H,5,8-11,13-15H2. The Labute approximate surface area is 148 Å². The highest BCUT2D eigenvalue weighted by molar-refractivity contribution is 5.31. The number of pyridine rings is 1. The molecule has 1 atom stereocenters. The van der Waals surface area contributed by atoms with Crippen molar-refractivity contribution in [3.8, 4) is 0 Å². The predicted molar refractivity (Wildman–Crippen MR) is 96.0 cm³/mol. The van der Waals surface area contributed by atoms with Crippen molar-refractivity contribution in [3.63, 3.8) is 0 Å². The molecule has 1 aliphatic heterocycles. The minimum Gasteiger partial charge on any atom is -0.389 e. The van der Waals surface area contributed by atoms with Gasteiger partial charge in [-0.25, -0.2) is 4.39 Å². The van der Waals surface area contributed by atoms with Crippen LogP contribution in [0.5, 0.6) is 0 Å². The van der Waals surface area contributed by atoms with Gasteiger partial charge < -0.3 is 10.0 Å². The van der Waals surface area contributed by atoms with E-state index in [0.717, 1.165) is 63.0 Å². The van der Waals surface area contributed by atoms with Crippen molar-refractivity contribution in [2.75, 3.05) is 19.6 Å². The smallest absolute Gasteiger partial charge is 0.123 e. The topological polar surface area (TPSA) is 36.4 Å². The lowest BCUT2D eigenvalue weighted by Gasteiger charge is -2.42. The zero-order chi connectivity index (χ0) is 17.3. The number of fused-ring (bicyclic) bond motifs is 1. The Morgan fingerprint density at radius 3 is 2.68 bits per heavy atom. The lowest BCUT2D eigenvalue weighted by Crippen LogP contribution is -2.48. The van der Waals surface area contributed by atoms with Gasteiger partial charge in [-0.05, 0) is 61.4 Å². The molecule has 1 fully saturated rings. The number of aromatic nitrogens is 1. The molecule has 1 N–H and O–H groups in total. The minimum absolute atomic E-state index is 0.183. The van der Waals surface area contributed by atoms with Crippen molar-refractivity contribution in [2.45, 2.75) is 43.6 Å². The van der Waals surface area contributed by atoms with Gasteiger partial charge in [0.1, 0.15) is 5.82 Å². The molecule has 0 spiro atoms. The van der Waals surface area contributed by atoms with E-state index in [1.807, 2.05) is 24.4 Å². The summed E-state index contributed by atoms with van der Waals surface area (Å²) >= 11 is 0. The molecule has 25 heavy (non-hydrogen) atoms. The monoisotopic (exact) mass is 340 g/mol. The van der Waals surface area contributed by atoms with Crippen LogP contribution in [0.2, 0.25) is 0 Å². The van der Waals surface area contributed by atoms with E-state index in [0.29, 0.717) is 0 Å². The van der Waals surface area contributed by atoms with Gasteiger partial charge in [-0.15, -0.1) is 0 Å². The van der Waals surface area contributed by atoms with Crippen LogP contribution in [0.4, 0.5) is 4.39 Å². The molecule has 4 heteroatoms. The number of likely N-dealkylation sites (tertiary alicyclic amines) is 1. The number of aryl methyl sites for hydroxylation is 1. The van der Waals surface area contributed by atoms with Crippen LogP contribution in [0, 0.1) is 5.82 Å².